The number of hydrogen-bond donors (Lipinski definition) is 3. The average molecular weight is 236 g/mol. The summed E-state index contributed by atoms with van der Waals surface area (Å²) in [5.41, 5.74) is 5.64. The maximum absolute atomic E-state index is 11.3. The lowest BCUT2D eigenvalue weighted by Gasteiger charge is -2.11. The van der Waals surface area contributed by atoms with E-state index in [2.05, 4.69) is 5.32 Å². The SMILES string of the molecule is CSCC[C@H](N)C(=O)NCCOCCO. The Kier molecular flexibility index (Phi) is 10.0. The normalized spacial score (nSPS) is 12.5. The number of aliphatic hydroxyl groups excluding tert-OH is 1. The molecule has 0 fully saturated rings. The number of thioether (sulfide) groups is 1. The molecule has 0 saturated carbocycles. The van der Waals surface area contributed by atoms with Gasteiger partial charge < -0.3 is 20.9 Å². The van der Waals surface area contributed by atoms with Crippen LogP contribution in [0.4, 0.5) is 0 Å². The molecule has 0 aliphatic heterocycles. The number of hydrogen-bond acceptors (Lipinski definition) is 5. The van der Waals surface area contributed by atoms with Gasteiger partial charge in [0.2, 0.25) is 5.91 Å². The van der Waals surface area contributed by atoms with E-state index in [0.717, 1.165) is 5.75 Å². The van der Waals surface area contributed by atoms with Crippen LogP contribution < -0.4 is 11.1 Å². The molecule has 0 saturated heterocycles. The number of aliphatic hydroxyl groups is 1. The Labute approximate surface area is 94.7 Å². The standard InChI is InChI=1S/C9H20N2O3S/c1-15-7-2-8(10)9(13)11-3-5-14-6-4-12/h8,12H,2-7,10H2,1H3,(H,11,13)/t8-/m0/s1. The molecule has 6 heteroatoms. The molecule has 0 bridgehead atoms. The molecule has 0 aromatic rings. The van der Waals surface area contributed by atoms with Gasteiger partial charge in [-0.05, 0) is 18.4 Å². The first-order valence-electron chi connectivity index (χ1n) is 4.93. The first-order valence-corrected chi connectivity index (χ1v) is 6.32. The van der Waals surface area contributed by atoms with E-state index in [1.165, 1.54) is 0 Å². The highest BCUT2D eigenvalue weighted by Gasteiger charge is 2.11. The number of rotatable bonds is 9. The highest BCUT2D eigenvalue weighted by Crippen LogP contribution is 1.98. The van der Waals surface area contributed by atoms with Crippen LogP contribution in [0.3, 0.4) is 0 Å². The second kappa shape index (κ2) is 10.2. The minimum atomic E-state index is -0.435. The lowest BCUT2D eigenvalue weighted by atomic mass is 10.2. The maximum Gasteiger partial charge on any atom is 0.237 e. The van der Waals surface area contributed by atoms with E-state index in [-0.39, 0.29) is 12.5 Å². The van der Waals surface area contributed by atoms with E-state index >= 15 is 0 Å². The van der Waals surface area contributed by atoms with Crippen LogP contribution >= 0.6 is 11.8 Å². The van der Waals surface area contributed by atoms with Crippen LogP contribution in [0.5, 0.6) is 0 Å². The van der Waals surface area contributed by atoms with Crippen LogP contribution in [0.2, 0.25) is 0 Å². The summed E-state index contributed by atoms with van der Waals surface area (Å²) in [6.45, 7) is 1.14. The first-order chi connectivity index (χ1) is 7.22. The van der Waals surface area contributed by atoms with Crippen LogP contribution in [0.15, 0.2) is 0 Å². The molecule has 0 rings (SSSR count). The molecule has 0 aliphatic rings. The van der Waals surface area contributed by atoms with Crippen molar-refractivity contribution in [2.45, 2.75) is 12.5 Å². The fraction of sp³-hybridized carbons (Fsp3) is 0.889. The van der Waals surface area contributed by atoms with Crippen molar-refractivity contribution in [2.24, 2.45) is 5.73 Å². The highest BCUT2D eigenvalue weighted by atomic mass is 32.2. The Morgan fingerprint density at radius 3 is 2.93 bits per heavy atom. The van der Waals surface area contributed by atoms with Crippen molar-refractivity contribution in [1.29, 1.82) is 0 Å². The molecule has 0 heterocycles. The Morgan fingerprint density at radius 2 is 2.33 bits per heavy atom. The topological polar surface area (TPSA) is 84.6 Å². The molecule has 0 aromatic heterocycles. The molecule has 0 aliphatic carbocycles. The lowest BCUT2D eigenvalue weighted by molar-refractivity contribution is -0.122. The third kappa shape index (κ3) is 8.68. The predicted octanol–water partition coefficient (Wildman–Crippen LogP) is -0.808. The third-order valence-electron chi connectivity index (χ3n) is 1.75. The summed E-state index contributed by atoms with van der Waals surface area (Å²) in [5.74, 6) is 0.743. The Morgan fingerprint density at radius 1 is 1.60 bits per heavy atom. The molecule has 5 nitrogen and oxygen atoms in total. The van der Waals surface area contributed by atoms with Gasteiger partial charge in [-0.3, -0.25) is 4.79 Å². The monoisotopic (exact) mass is 236 g/mol. The molecule has 4 N–H and O–H groups in total. The number of amides is 1. The van der Waals surface area contributed by atoms with E-state index in [1.54, 1.807) is 11.8 Å². The van der Waals surface area contributed by atoms with Crippen molar-refractivity contribution in [3.8, 4) is 0 Å². The Hall–Kier alpha value is -0.300. The number of ether oxygens (including phenoxy) is 1. The van der Waals surface area contributed by atoms with Crippen LogP contribution in [0, 0.1) is 0 Å². The third-order valence-corrected chi connectivity index (χ3v) is 2.39. The van der Waals surface area contributed by atoms with E-state index in [4.69, 9.17) is 15.6 Å². The van der Waals surface area contributed by atoms with Gasteiger partial charge in [0.05, 0.1) is 25.9 Å². The molecule has 90 valence electrons. The number of carbonyl (C=O) groups is 1. The van der Waals surface area contributed by atoms with Crippen LogP contribution in [0.25, 0.3) is 0 Å². The van der Waals surface area contributed by atoms with Crippen molar-refractivity contribution in [3.05, 3.63) is 0 Å². The molecule has 0 radical (unpaired) electrons. The Balaban J connectivity index is 3.38. The fourth-order valence-corrected chi connectivity index (χ4v) is 1.41. The lowest BCUT2D eigenvalue weighted by Crippen LogP contribution is -2.42. The number of carbonyl (C=O) groups excluding carboxylic acids is 1. The summed E-state index contributed by atoms with van der Waals surface area (Å²) in [7, 11) is 0. The van der Waals surface area contributed by atoms with Crippen LogP contribution in [-0.4, -0.2) is 55.4 Å². The molecular formula is C9H20N2O3S. The zero-order valence-corrected chi connectivity index (χ0v) is 9.89. The van der Waals surface area contributed by atoms with Crippen LogP contribution in [0.1, 0.15) is 6.42 Å². The molecule has 0 spiro atoms. The van der Waals surface area contributed by atoms with Gasteiger partial charge >= 0.3 is 0 Å². The molecule has 1 amide bonds. The summed E-state index contributed by atoms with van der Waals surface area (Å²) in [6, 6.07) is -0.435. The zero-order chi connectivity index (χ0) is 11.5. The maximum atomic E-state index is 11.3. The molecule has 0 unspecified atom stereocenters. The van der Waals surface area contributed by atoms with Crippen molar-refractivity contribution in [3.63, 3.8) is 0 Å². The summed E-state index contributed by atoms with van der Waals surface area (Å²) in [5, 5.41) is 11.1. The Bertz CT molecular complexity index is 169. The second-order valence-electron chi connectivity index (χ2n) is 3.01. The minimum Gasteiger partial charge on any atom is -0.394 e. The summed E-state index contributed by atoms with van der Waals surface area (Å²) < 4.78 is 4.98. The summed E-state index contributed by atoms with van der Waals surface area (Å²) >= 11 is 1.67. The van der Waals surface area contributed by atoms with E-state index in [0.29, 0.717) is 26.2 Å². The zero-order valence-electron chi connectivity index (χ0n) is 9.07. The van der Waals surface area contributed by atoms with E-state index in [9.17, 15) is 4.79 Å². The van der Waals surface area contributed by atoms with Crippen molar-refractivity contribution >= 4 is 17.7 Å². The smallest absolute Gasteiger partial charge is 0.237 e. The largest absolute Gasteiger partial charge is 0.394 e. The van der Waals surface area contributed by atoms with Crippen molar-refractivity contribution in [1.82, 2.24) is 5.32 Å². The van der Waals surface area contributed by atoms with Gasteiger partial charge in [-0.1, -0.05) is 0 Å². The molecular weight excluding hydrogens is 216 g/mol. The molecule has 0 aromatic carbocycles. The van der Waals surface area contributed by atoms with E-state index < -0.39 is 6.04 Å². The minimum absolute atomic E-state index is 0.00117. The van der Waals surface area contributed by atoms with Gasteiger partial charge in [0.15, 0.2) is 0 Å². The first kappa shape index (κ1) is 14.7. The van der Waals surface area contributed by atoms with Gasteiger partial charge in [0.25, 0.3) is 0 Å². The predicted molar refractivity (Wildman–Crippen MR) is 61.9 cm³/mol. The number of nitrogens with one attached hydrogen (secondary N) is 1. The van der Waals surface area contributed by atoms with Gasteiger partial charge in [-0.25, -0.2) is 0 Å². The van der Waals surface area contributed by atoms with E-state index in [1.807, 2.05) is 6.26 Å². The average Bonchev–Trinajstić information content (AvgIpc) is 2.25. The molecule has 1 atom stereocenters. The van der Waals surface area contributed by atoms with Crippen molar-refractivity contribution in [2.75, 3.05) is 38.4 Å². The highest BCUT2D eigenvalue weighted by molar-refractivity contribution is 7.98. The second-order valence-corrected chi connectivity index (χ2v) is 4.00. The van der Waals surface area contributed by atoms with Gasteiger partial charge in [-0.2, -0.15) is 11.8 Å². The van der Waals surface area contributed by atoms with Gasteiger partial charge in [0, 0.05) is 6.54 Å². The van der Waals surface area contributed by atoms with Gasteiger partial charge in [-0.15, -0.1) is 0 Å². The summed E-state index contributed by atoms with van der Waals surface area (Å²) in [6.07, 6.45) is 2.66. The van der Waals surface area contributed by atoms with Crippen molar-refractivity contribution < 1.29 is 14.6 Å². The number of nitrogens with two attached hydrogens (primary N) is 1. The van der Waals surface area contributed by atoms with Gasteiger partial charge in [0.1, 0.15) is 0 Å². The molecule has 15 heavy (non-hydrogen) atoms. The fourth-order valence-electron chi connectivity index (χ4n) is 0.920. The quantitative estimate of drug-likeness (QED) is 0.456. The van der Waals surface area contributed by atoms with Crippen LogP contribution in [-0.2, 0) is 9.53 Å². The summed E-state index contributed by atoms with van der Waals surface area (Å²) in [4.78, 5) is 11.3.